The van der Waals surface area contributed by atoms with Gasteiger partial charge in [-0.2, -0.15) is 0 Å². The number of carbonyl (C=O) groups excluding carboxylic acids is 2. The van der Waals surface area contributed by atoms with E-state index in [9.17, 15) is 9.59 Å². The van der Waals surface area contributed by atoms with E-state index in [0.29, 0.717) is 6.29 Å². The van der Waals surface area contributed by atoms with Gasteiger partial charge in [0, 0.05) is 5.69 Å². The van der Waals surface area contributed by atoms with E-state index in [1.165, 1.54) is 28.4 Å². The van der Waals surface area contributed by atoms with Crippen LogP contribution in [0.5, 0.6) is 0 Å². The third-order valence-corrected chi connectivity index (χ3v) is 3.36. The van der Waals surface area contributed by atoms with Crippen molar-refractivity contribution in [2.24, 2.45) is 0 Å². The Morgan fingerprint density at radius 2 is 2.20 bits per heavy atom. The number of aldehydes is 1. The highest BCUT2D eigenvalue weighted by atomic mass is 16.2. The van der Waals surface area contributed by atoms with Gasteiger partial charge < -0.3 is 5.32 Å². The molecule has 3 rings (SSSR count). The van der Waals surface area contributed by atoms with Crippen molar-refractivity contribution in [2.75, 3.05) is 5.32 Å². The third-order valence-electron chi connectivity index (χ3n) is 3.36. The van der Waals surface area contributed by atoms with E-state index in [4.69, 9.17) is 0 Å². The lowest BCUT2D eigenvalue weighted by molar-refractivity contribution is -0.116. The van der Waals surface area contributed by atoms with Gasteiger partial charge in [0.15, 0.2) is 6.29 Å². The Hall–Kier alpha value is -2.50. The topological polar surface area (TPSA) is 76.9 Å². The number of carbonyl (C=O) groups is 2. The molecule has 1 N–H and O–H groups in total. The predicted octanol–water partition coefficient (Wildman–Crippen LogP) is 1.22. The summed E-state index contributed by atoms with van der Waals surface area (Å²) in [6.45, 7) is 0.0396. The minimum Gasteiger partial charge on any atom is -0.324 e. The molecule has 0 unspecified atom stereocenters. The van der Waals surface area contributed by atoms with Crippen LogP contribution in [0.1, 0.15) is 28.0 Å². The highest BCUT2D eigenvalue weighted by Crippen LogP contribution is 2.24. The van der Waals surface area contributed by atoms with Gasteiger partial charge in [0.25, 0.3) is 0 Å². The Kier molecular flexibility index (Phi) is 3.28. The second-order valence-electron chi connectivity index (χ2n) is 4.84. The van der Waals surface area contributed by atoms with Gasteiger partial charge in [0.2, 0.25) is 5.91 Å². The highest BCUT2D eigenvalue weighted by molar-refractivity contribution is 5.90. The molecule has 20 heavy (non-hydrogen) atoms. The van der Waals surface area contributed by atoms with E-state index in [1.807, 2.05) is 12.1 Å². The Labute approximate surface area is 115 Å². The number of hydrogen-bond donors (Lipinski definition) is 1. The van der Waals surface area contributed by atoms with Gasteiger partial charge in [-0.05, 0) is 42.5 Å². The molecule has 1 aliphatic rings. The number of aryl methyl sites for hydroxylation is 2. The zero-order chi connectivity index (χ0) is 13.9. The summed E-state index contributed by atoms with van der Waals surface area (Å²) in [5.74, 6) is -0.190. The van der Waals surface area contributed by atoms with Gasteiger partial charge in [0.05, 0.1) is 6.20 Å². The maximum absolute atomic E-state index is 11.9. The number of aromatic nitrogens is 3. The van der Waals surface area contributed by atoms with Gasteiger partial charge in [-0.15, -0.1) is 5.10 Å². The molecular weight excluding hydrogens is 256 g/mol. The van der Waals surface area contributed by atoms with Crippen LogP contribution in [-0.2, 0) is 24.2 Å². The molecule has 102 valence electrons. The minimum atomic E-state index is -0.190. The standard InChI is InChI=1S/C14H14N4O2/c19-9-13-7-18(17-16-13)8-14(20)15-12-5-4-10-2-1-3-11(10)6-12/h4-7,9H,1-3,8H2,(H,15,20). The van der Waals surface area contributed by atoms with Crippen LogP contribution in [0.3, 0.4) is 0 Å². The highest BCUT2D eigenvalue weighted by Gasteiger charge is 2.12. The first-order valence-electron chi connectivity index (χ1n) is 6.51. The van der Waals surface area contributed by atoms with Crippen LogP contribution in [-0.4, -0.2) is 27.2 Å². The molecule has 6 nitrogen and oxygen atoms in total. The number of benzene rings is 1. The molecule has 2 aromatic rings. The SMILES string of the molecule is O=Cc1cn(CC(=O)Nc2ccc3c(c2)CCC3)nn1. The zero-order valence-electron chi connectivity index (χ0n) is 10.9. The Bertz CT molecular complexity index is 663. The fraction of sp³-hybridized carbons (Fsp3) is 0.286. The van der Waals surface area contributed by atoms with Crippen molar-refractivity contribution in [1.29, 1.82) is 0 Å². The number of amides is 1. The second-order valence-corrected chi connectivity index (χ2v) is 4.84. The van der Waals surface area contributed by atoms with Crippen LogP contribution in [0, 0.1) is 0 Å². The number of nitrogens with zero attached hydrogens (tertiary/aromatic N) is 3. The molecule has 0 spiro atoms. The van der Waals surface area contributed by atoms with Crippen molar-refractivity contribution in [2.45, 2.75) is 25.8 Å². The van der Waals surface area contributed by atoms with Crippen LogP contribution < -0.4 is 5.32 Å². The average molecular weight is 270 g/mol. The third kappa shape index (κ3) is 2.59. The van der Waals surface area contributed by atoms with E-state index in [0.717, 1.165) is 18.5 Å². The molecule has 0 saturated heterocycles. The zero-order valence-corrected chi connectivity index (χ0v) is 10.9. The maximum Gasteiger partial charge on any atom is 0.246 e. The first-order chi connectivity index (χ1) is 9.74. The first-order valence-corrected chi connectivity index (χ1v) is 6.51. The number of rotatable bonds is 4. The summed E-state index contributed by atoms with van der Waals surface area (Å²) in [5.41, 5.74) is 3.70. The molecular formula is C14H14N4O2. The average Bonchev–Trinajstić information content (AvgIpc) is 3.06. The summed E-state index contributed by atoms with van der Waals surface area (Å²) >= 11 is 0. The van der Waals surface area contributed by atoms with E-state index < -0.39 is 0 Å². The fourth-order valence-electron chi connectivity index (χ4n) is 2.44. The van der Waals surface area contributed by atoms with Gasteiger partial charge in [-0.3, -0.25) is 9.59 Å². The van der Waals surface area contributed by atoms with E-state index in [1.54, 1.807) is 0 Å². The summed E-state index contributed by atoms with van der Waals surface area (Å²) in [4.78, 5) is 22.4. The predicted molar refractivity (Wildman–Crippen MR) is 72.5 cm³/mol. The molecule has 0 radical (unpaired) electrons. The summed E-state index contributed by atoms with van der Waals surface area (Å²) < 4.78 is 1.34. The number of nitrogens with one attached hydrogen (secondary N) is 1. The lowest BCUT2D eigenvalue weighted by Gasteiger charge is -2.07. The van der Waals surface area contributed by atoms with Crippen LogP contribution in [0.2, 0.25) is 0 Å². The summed E-state index contributed by atoms with van der Waals surface area (Å²) in [6, 6.07) is 6.01. The Morgan fingerprint density at radius 3 is 3.00 bits per heavy atom. The lowest BCUT2D eigenvalue weighted by Crippen LogP contribution is -2.19. The quantitative estimate of drug-likeness (QED) is 0.847. The van der Waals surface area contributed by atoms with Crippen LogP contribution >= 0.6 is 0 Å². The Morgan fingerprint density at radius 1 is 1.35 bits per heavy atom. The van der Waals surface area contributed by atoms with Crippen molar-refractivity contribution in [3.8, 4) is 0 Å². The smallest absolute Gasteiger partial charge is 0.246 e. The monoisotopic (exact) mass is 270 g/mol. The Balaban J connectivity index is 1.65. The van der Waals surface area contributed by atoms with Crippen LogP contribution in [0.15, 0.2) is 24.4 Å². The molecule has 1 aliphatic carbocycles. The largest absolute Gasteiger partial charge is 0.324 e. The summed E-state index contributed by atoms with van der Waals surface area (Å²) in [6.07, 6.45) is 5.42. The lowest BCUT2D eigenvalue weighted by atomic mass is 10.1. The van der Waals surface area contributed by atoms with Gasteiger partial charge in [-0.1, -0.05) is 11.3 Å². The van der Waals surface area contributed by atoms with E-state index >= 15 is 0 Å². The normalized spacial score (nSPS) is 13.0. The molecule has 1 aromatic carbocycles. The van der Waals surface area contributed by atoms with E-state index in [2.05, 4.69) is 21.7 Å². The summed E-state index contributed by atoms with van der Waals surface area (Å²) in [7, 11) is 0. The molecule has 0 saturated carbocycles. The fourth-order valence-corrected chi connectivity index (χ4v) is 2.44. The van der Waals surface area contributed by atoms with Crippen molar-refractivity contribution in [3.05, 3.63) is 41.2 Å². The molecule has 0 atom stereocenters. The number of hydrogen-bond acceptors (Lipinski definition) is 4. The molecule has 0 fully saturated rings. The molecule has 1 amide bonds. The maximum atomic E-state index is 11.9. The van der Waals surface area contributed by atoms with Crippen molar-refractivity contribution in [3.63, 3.8) is 0 Å². The summed E-state index contributed by atoms with van der Waals surface area (Å²) in [5, 5.41) is 10.1. The molecule has 6 heteroatoms. The first kappa shape index (κ1) is 12.5. The van der Waals surface area contributed by atoms with Gasteiger partial charge >= 0.3 is 0 Å². The van der Waals surface area contributed by atoms with Crippen molar-refractivity contribution in [1.82, 2.24) is 15.0 Å². The van der Waals surface area contributed by atoms with Gasteiger partial charge in [0.1, 0.15) is 12.2 Å². The molecule has 0 bridgehead atoms. The number of fused-ring (bicyclic) bond motifs is 1. The van der Waals surface area contributed by atoms with Crippen LogP contribution in [0.4, 0.5) is 5.69 Å². The van der Waals surface area contributed by atoms with Crippen molar-refractivity contribution < 1.29 is 9.59 Å². The molecule has 0 aliphatic heterocycles. The molecule has 1 heterocycles. The van der Waals surface area contributed by atoms with E-state index in [-0.39, 0.29) is 18.1 Å². The number of anilines is 1. The van der Waals surface area contributed by atoms with Gasteiger partial charge in [-0.25, -0.2) is 4.68 Å². The second kappa shape index (κ2) is 5.24. The minimum absolute atomic E-state index is 0.0396. The molecule has 1 aromatic heterocycles. The van der Waals surface area contributed by atoms with Crippen LogP contribution in [0.25, 0.3) is 0 Å². The van der Waals surface area contributed by atoms with Crippen molar-refractivity contribution >= 4 is 17.9 Å².